The van der Waals surface area contributed by atoms with E-state index in [1.807, 2.05) is 13.0 Å². The maximum absolute atomic E-state index is 12.9. The van der Waals surface area contributed by atoms with E-state index in [4.69, 9.17) is 11.6 Å². The van der Waals surface area contributed by atoms with Crippen molar-refractivity contribution in [2.24, 2.45) is 0 Å². The lowest BCUT2D eigenvalue weighted by molar-refractivity contribution is 0.659. The molecule has 2 aromatic rings. The van der Waals surface area contributed by atoms with Crippen LogP contribution in [0.4, 0.5) is 0 Å². The third-order valence-electron chi connectivity index (χ3n) is 4.21. The maximum atomic E-state index is 12.9. The van der Waals surface area contributed by atoms with Gasteiger partial charge in [0.05, 0.1) is 24.0 Å². The van der Waals surface area contributed by atoms with Crippen LogP contribution in [0.1, 0.15) is 12.5 Å². The number of rotatable bonds is 4. The Kier molecular flexibility index (Phi) is 4.33. The molecule has 2 aromatic heterocycles. The summed E-state index contributed by atoms with van der Waals surface area (Å²) >= 11 is 5.82. The maximum Gasteiger partial charge on any atom is 0.357 e. The highest BCUT2D eigenvalue weighted by atomic mass is 35.5. The molecule has 27 heavy (non-hydrogen) atoms. The molecule has 0 saturated heterocycles. The molecular weight excluding hydrogens is 368 g/mol. The third-order valence-corrected chi connectivity index (χ3v) is 4.44. The molecule has 0 aromatic carbocycles. The number of hydrogen-bond acceptors (Lipinski definition) is 5. The molecule has 4 rings (SSSR count). The van der Waals surface area contributed by atoms with E-state index in [-0.39, 0.29) is 0 Å². The largest absolute Gasteiger partial charge is 0.357 e. The number of halogens is 1. The number of nitrogens with zero attached hydrogens (tertiary/aromatic N) is 6. The van der Waals surface area contributed by atoms with Gasteiger partial charge >= 0.3 is 5.69 Å². The number of pyridine rings is 2. The van der Waals surface area contributed by atoms with E-state index in [9.17, 15) is 9.59 Å². The van der Waals surface area contributed by atoms with E-state index in [1.54, 1.807) is 46.0 Å². The zero-order valence-electron chi connectivity index (χ0n) is 14.4. The number of fused-ring (bicyclic) bond motifs is 1. The van der Waals surface area contributed by atoms with E-state index >= 15 is 0 Å². The molecule has 0 spiro atoms. The Morgan fingerprint density at radius 1 is 1.15 bits per heavy atom. The van der Waals surface area contributed by atoms with Gasteiger partial charge < -0.3 is 4.57 Å². The molecule has 2 aliphatic rings. The minimum atomic E-state index is -0.641. The fourth-order valence-electron chi connectivity index (χ4n) is 2.88. The van der Waals surface area contributed by atoms with Gasteiger partial charge in [0.25, 0.3) is 5.56 Å². The van der Waals surface area contributed by atoms with Crippen molar-refractivity contribution in [3.8, 4) is 17.1 Å². The lowest BCUT2D eigenvalue weighted by Crippen LogP contribution is -2.36. The summed E-state index contributed by atoms with van der Waals surface area (Å²) in [4.78, 5) is 33.7. The Balaban J connectivity index is 1.84. The van der Waals surface area contributed by atoms with Crippen LogP contribution in [0.25, 0.3) is 17.1 Å². The van der Waals surface area contributed by atoms with Gasteiger partial charge in [0.15, 0.2) is 5.82 Å². The fourth-order valence-corrected chi connectivity index (χ4v) is 2.99. The summed E-state index contributed by atoms with van der Waals surface area (Å²) in [7, 11) is 0. The van der Waals surface area contributed by atoms with Crippen LogP contribution in [0.2, 0.25) is 5.15 Å². The molecule has 9 heteroatoms. The molecule has 0 radical (unpaired) electrons. The molecule has 136 valence electrons. The number of hydrogen-bond donors (Lipinski definition) is 0. The second-order valence-corrected chi connectivity index (χ2v) is 6.34. The molecule has 4 heterocycles. The summed E-state index contributed by atoms with van der Waals surface area (Å²) in [6.45, 7) is 2.97. The molecule has 0 saturated carbocycles. The van der Waals surface area contributed by atoms with Crippen molar-refractivity contribution in [1.29, 1.82) is 0 Å². The molecular formula is C18H15ClN6O2. The van der Waals surface area contributed by atoms with E-state index in [2.05, 4.69) is 15.1 Å². The van der Waals surface area contributed by atoms with Crippen molar-refractivity contribution >= 4 is 11.6 Å². The van der Waals surface area contributed by atoms with Crippen LogP contribution < -0.4 is 11.2 Å². The molecule has 0 bridgehead atoms. The number of aromatic nitrogens is 6. The molecule has 0 amide bonds. The predicted octanol–water partition coefficient (Wildman–Crippen LogP) is 1.81. The van der Waals surface area contributed by atoms with Gasteiger partial charge in [-0.3, -0.25) is 9.48 Å². The average Bonchev–Trinajstić information content (AvgIpc) is 3.13. The van der Waals surface area contributed by atoms with Crippen LogP contribution in [0.15, 0.2) is 58.6 Å². The van der Waals surface area contributed by atoms with Gasteiger partial charge in [-0.2, -0.15) is 10.1 Å². The molecule has 0 unspecified atom stereocenters. The predicted molar refractivity (Wildman–Crippen MR) is 101 cm³/mol. The van der Waals surface area contributed by atoms with Crippen molar-refractivity contribution in [1.82, 2.24) is 28.9 Å². The van der Waals surface area contributed by atoms with Crippen molar-refractivity contribution in [3.05, 3.63) is 80.6 Å². The minimum Gasteiger partial charge on any atom is -0.328 e. The van der Waals surface area contributed by atoms with Crippen molar-refractivity contribution in [2.75, 3.05) is 0 Å². The SMILES string of the molecule is CCn1cc(-n2c(=O)nc3n(Cc4ccc(Cl)nc4)cccc-3c2=O)cn1. The molecule has 0 atom stereocenters. The van der Waals surface area contributed by atoms with Gasteiger partial charge in [-0.05, 0) is 30.7 Å². The number of aryl methyl sites for hydroxylation is 1. The lowest BCUT2D eigenvalue weighted by Gasteiger charge is -2.14. The zero-order valence-corrected chi connectivity index (χ0v) is 15.2. The Hall–Kier alpha value is -3.26. The zero-order chi connectivity index (χ0) is 19.0. The van der Waals surface area contributed by atoms with Gasteiger partial charge in [-0.25, -0.2) is 14.3 Å². The van der Waals surface area contributed by atoms with Crippen molar-refractivity contribution < 1.29 is 0 Å². The summed E-state index contributed by atoms with van der Waals surface area (Å²) < 4.78 is 4.42. The highest BCUT2D eigenvalue weighted by molar-refractivity contribution is 6.29. The standard InChI is InChI=1S/C18H15ClN6O2/c1-2-24-11-13(9-21-24)25-17(26)14-4-3-7-23(16(14)22-18(25)27)10-12-5-6-15(19)20-8-12/h3-9,11H,2,10H2,1H3. The monoisotopic (exact) mass is 382 g/mol. The van der Waals surface area contributed by atoms with Crippen LogP contribution in [-0.4, -0.2) is 28.9 Å². The Morgan fingerprint density at radius 3 is 2.70 bits per heavy atom. The van der Waals surface area contributed by atoms with Gasteiger partial charge in [-0.15, -0.1) is 0 Å². The minimum absolute atomic E-state index is 0.321. The van der Waals surface area contributed by atoms with Crippen LogP contribution in [0.5, 0.6) is 0 Å². The Labute approximate surface area is 158 Å². The summed E-state index contributed by atoms with van der Waals surface area (Å²) in [5.41, 5.74) is 0.558. The molecule has 0 fully saturated rings. The second-order valence-electron chi connectivity index (χ2n) is 5.95. The van der Waals surface area contributed by atoms with E-state index in [0.29, 0.717) is 35.3 Å². The fraction of sp³-hybridized carbons (Fsp3) is 0.167. The van der Waals surface area contributed by atoms with E-state index in [0.717, 1.165) is 10.1 Å². The van der Waals surface area contributed by atoms with Crippen LogP contribution >= 0.6 is 11.6 Å². The molecule has 8 nitrogen and oxygen atoms in total. The third kappa shape index (κ3) is 3.15. The Bertz CT molecular complexity index is 1190. The van der Waals surface area contributed by atoms with Gasteiger partial charge in [0.1, 0.15) is 5.15 Å². The van der Waals surface area contributed by atoms with Crippen molar-refractivity contribution in [3.63, 3.8) is 0 Å². The van der Waals surface area contributed by atoms with Crippen LogP contribution in [0, 0.1) is 0 Å². The first-order valence-electron chi connectivity index (χ1n) is 8.32. The van der Waals surface area contributed by atoms with Gasteiger partial charge in [-0.1, -0.05) is 17.7 Å². The van der Waals surface area contributed by atoms with Crippen LogP contribution in [0.3, 0.4) is 0 Å². The van der Waals surface area contributed by atoms with Crippen LogP contribution in [-0.2, 0) is 13.1 Å². The highest BCUT2D eigenvalue weighted by Gasteiger charge is 2.18. The van der Waals surface area contributed by atoms with Crippen molar-refractivity contribution in [2.45, 2.75) is 20.0 Å². The van der Waals surface area contributed by atoms with E-state index < -0.39 is 11.2 Å². The first kappa shape index (κ1) is 17.2. The lowest BCUT2D eigenvalue weighted by atomic mass is 10.2. The Morgan fingerprint density at radius 2 is 2.00 bits per heavy atom. The second kappa shape index (κ2) is 6.81. The molecule has 0 N–H and O–H groups in total. The molecule has 2 aliphatic heterocycles. The highest BCUT2D eigenvalue weighted by Crippen LogP contribution is 2.16. The van der Waals surface area contributed by atoms with E-state index in [1.165, 1.54) is 6.20 Å². The normalized spacial score (nSPS) is 11.2. The van der Waals surface area contributed by atoms with Gasteiger partial charge in [0, 0.05) is 25.1 Å². The summed E-state index contributed by atoms with van der Waals surface area (Å²) in [5, 5.41) is 4.52. The quantitative estimate of drug-likeness (QED) is 0.502. The topological polar surface area (TPSA) is 87.6 Å². The smallest absolute Gasteiger partial charge is 0.328 e. The average molecular weight is 383 g/mol. The first-order chi connectivity index (χ1) is 13.1. The van der Waals surface area contributed by atoms with Gasteiger partial charge in [0.2, 0.25) is 0 Å². The summed E-state index contributed by atoms with van der Waals surface area (Å²) in [6, 6.07) is 6.92. The summed E-state index contributed by atoms with van der Waals surface area (Å²) in [5.74, 6) is 0.321. The first-order valence-corrected chi connectivity index (χ1v) is 8.70. The molecule has 0 aliphatic carbocycles. The summed E-state index contributed by atoms with van der Waals surface area (Å²) in [6.07, 6.45) is 6.54.